The summed E-state index contributed by atoms with van der Waals surface area (Å²) in [5.41, 5.74) is 1.70. The minimum atomic E-state index is 0.639. The Labute approximate surface area is 88.2 Å². The maximum atomic E-state index is 4.35. The molecule has 15 heavy (non-hydrogen) atoms. The van der Waals surface area contributed by atoms with Crippen molar-refractivity contribution in [2.45, 2.75) is 6.92 Å². The van der Waals surface area contributed by atoms with Gasteiger partial charge in [-0.25, -0.2) is 9.97 Å². The monoisotopic (exact) mass is 203 g/mol. The first-order valence-electron chi connectivity index (χ1n) is 4.86. The van der Waals surface area contributed by atoms with Crippen LogP contribution < -0.4 is 5.32 Å². The zero-order valence-electron chi connectivity index (χ0n) is 8.81. The molecule has 0 fully saturated rings. The molecule has 78 valence electrons. The van der Waals surface area contributed by atoms with E-state index in [0.717, 1.165) is 17.9 Å². The maximum Gasteiger partial charge on any atom is 0.223 e. The smallest absolute Gasteiger partial charge is 0.223 e. The number of hydrogen-bond donors (Lipinski definition) is 1. The molecule has 0 bridgehead atoms. The minimum Gasteiger partial charge on any atom is -0.354 e. The third-order valence-corrected chi connectivity index (χ3v) is 1.97. The van der Waals surface area contributed by atoms with E-state index >= 15 is 0 Å². The number of aromatic nitrogens is 4. The van der Waals surface area contributed by atoms with E-state index in [-0.39, 0.29) is 0 Å². The van der Waals surface area contributed by atoms with Crippen molar-refractivity contribution in [1.29, 1.82) is 0 Å². The molecule has 2 aromatic rings. The Morgan fingerprint density at radius 1 is 1.33 bits per heavy atom. The highest BCUT2D eigenvalue weighted by atomic mass is 15.3. The van der Waals surface area contributed by atoms with Crippen molar-refractivity contribution in [3.8, 4) is 11.4 Å². The van der Waals surface area contributed by atoms with E-state index in [1.54, 1.807) is 10.9 Å². The standard InChI is InChI=1S/C10H13N5/c1-3-11-10-12-6-4-8(13-10)9-5-7-15(2)14-9/h4-7H,3H2,1-2H3,(H,11,12,13). The summed E-state index contributed by atoms with van der Waals surface area (Å²) < 4.78 is 1.75. The quantitative estimate of drug-likeness (QED) is 0.817. The molecular formula is C10H13N5. The molecule has 1 N–H and O–H groups in total. The Balaban J connectivity index is 2.32. The molecule has 0 saturated heterocycles. The molecule has 5 heteroatoms. The molecule has 2 rings (SSSR count). The van der Waals surface area contributed by atoms with Crippen LogP contribution in [0, 0.1) is 0 Å². The van der Waals surface area contributed by atoms with Crippen molar-refractivity contribution in [2.75, 3.05) is 11.9 Å². The molecule has 5 nitrogen and oxygen atoms in total. The molecular weight excluding hydrogens is 190 g/mol. The SMILES string of the molecule is CCNc1nccc(-c2ccn(C)n2)n1. The number of anilines is 1. The summed E-state index contributed by atoms with van der Waals surface area (Å²) in [6, 6.07) is 3.78. The number of hydrogen-bond acceptors (Lipinski definition) is 4. The van der Waals surface area contributed by atoms with E-state index in [2.05, 4.69) is 20.4 Å². The van der Waals surface area contributed by atoms with E-state index < -0.39 is 0 Å². The Morgan fingerprint density at radius 2 is 2.20 bits per heavy atom. The van der Waals surface area contributed by atoms with Gasteiger partial charge in [0.15, 0.2) is 0 Å². The van der Waals surface area contributed by atoms with Gasteiger partial charge in [-0.15, -0.1) is 0 Å². The van der Waals surface area contributed by atoms with Crippen LogP contribution in [0.5, 0.6) is 0 Å². The van der Waals surface area contributed by atoms with Crippen LogP contribution in [0.25, 0.3) is 11.4 Å². The van der Waals surface area contributed by atoms with Gasteiger partial charge in [0.1, 0.15) is 5.69 Å². The van der Waals surface area contributed by atoms with Gasteiger partial charge >= 0.3 is 0 Å². The zero-order chi connectivity index (χ0) is 10.7. The van der Waals surface area contributed by atoms with Gasteiger partial charge in [0, 0.05) is 26.0 Å². The number of aryl methyl sites for hydroxylation is 1. The lowest BCUT2D eigenvalue weighted by Crippen LogP contribution is -2.02. The molecule has 0 amide bonds. The third kappa shape index (κ3) is 2.12. The number of nitrogens with one attached hydrogen (secondary N) is 1. The predicted molar refractivity (Wildman–Crippen MR) is 58.4 cm³/mol. The fourth-order valence-electron chi connectivity index (χ4n) is 1.30. The molecule has 0 aliphatic heterocycles. The summed E-state index contributed by atoms with van der Waals surface area (Å²) in [6.45, 7) is 2.82. The lowest BCUT2D eigenvalue weighted by Gasteiger charge is -2.01. The second-order valence-electron chi connectivity index (χ2n) is 3.17. The maximum absolute atomic E-state index is 4.35. The summed E-state index contributed by atoms with van der Waals surface area (Å²) >= 11 is 0. The highest BCUT2D eigenvalue weighted by Crippen LogP contribution is 2.14. The van der Waals surface area contributed by atoms with Crippen molar-refractivity contribution >= 4 is 5.95 Å². The van der Waals surface area contributed by atoms with Gasteiger partial charge in [0.25, 0.3) is 0 Å². The summed E-state index contributed by atoms with van der Waals surface area (Å²) in [5.74, 6) is 0.639. The van der Waals surface area contributed by atoms with Gasteiger partial charge in [-0.1, -0.05) is 0 Å². The van der Waals surface area contributed by atoms with Crippen LogP contribution in [-0.4, -0.2) is 26.3 Å². The number of nitrogens with zero attached hydrogens (tertiary/aromatic N) is 4. The first-order chi connectivity index (χ1) is 7.29. The molecule has 0 aliphatic rings. The second kappa shape index (κ2) is 4.08. The fourth-order valence-corrected chi connectivity index (χ4v) is 1.30. The van der Waals surface area contributed by atoms with Crippen LogP contribution in [0.1, 0.15) is 6.92 Å². The highest BCUT2D eigenvalue weighted by molar-refractivity contribution is 5.54. The van der Waals surface area contributed by atoms with Crippen molar-refractivity contribution in [2.24, 2.45) is 7.05 Å². The molecule has 0 saturated carbocycles. The van der Waals surface area contributed by atoms with E-state index in [9.17, 15) is 0 Å². The van der Waals surface area contributed by atoms with E-state index in [0.29, 0.717) is 5.95 Å². The summed E-state index contributed by atoms with van der Waals surface area (Å²) in [7, 11) is 1.88. The van der Waals surface area contributed by atoms with Gasteiger partial charge in [-0.2, -0.15) is 5.10 Å². The van der Waals surface area contributed by atoms with Crippen molar-refractivity contribution in [1.82, 2.24) is 19.7 Å². The van der Waals surface area contributed by atoms with Crippen LogP contribution in [0.15, 0.2) is 24.5 Å². The van der Waals surface area contributed by atoms with Crippen LogP contribution in [-0.2, 0) is 7.05 Å². The first-order valence-corrected chi connectivity index (χ1v) is 4.86. The molecule has 0 unspecified atom stereocenters. The Morgan fingerprint density at radius 3 is 2.87 bits per heavy atom. The van der Waals surface area contributed by atoms with E-state index in [4.69, 9.17) is 0 Å². The predicted octanol–water partition coefficient (Wildman–Crippen LogP) is 1.31. The topological polar surface area (TPSA) is 55.6 Å². The van der Waals surface area contributed by atoms with Crippen LogP contribution in [0.4, 0.5) is 5.95 Å². The molecule has 0 atom stereocenters. The van der Waals surface area contributed by atoms with E-state index in [1.165, 1.54) is 0 Å². The highest BCUT2D eigenvalue weighted by Gasteiger charge is 2.03. The Hall–Kier alpha value is -1.91. The molecule has 0 spiro atoms. The summed E-state index contributed by atoms with van der Waals surface area (Å²) in [4.78, 5) is 8.45. The summed E-state index contributed by atoms with van der Waals surface area (Å²) in [6.07, 6.45) is 3.62. The Kier molecular flexibility index (Phi) is 2.62. The molecule has 0 aliphatic carbocycles. The average molecular weight is 203 g/mol. The van der Waals surface area contributed by atoms with Gasteiger partial charge in [-0.05, 0) is 19.1 Å². The van der Waals surface area contributed by atoms with Crippen molar-refractivity contribution in [3.05, 3.63) is 24.5 Å². The molecule has 0 aromatic carbocycles. The van der Waals surface area contributed by atoms with E-state index in [1.807, 2.05) is 32.3 Å². The van der Waals surface area contributed by atoms with Gasteiger partial charge in [0.2, 0.25) is 5.95 Å². The number of rotatable bonds is 3. The summed E-state index contributed by atoms with van der Waals surface area (Å²) in [5, 5.41) is 7.35. The van der Waals surface area contributed by atoms with Gasteiger partial charge in [0.05, 0.1) is 5.69 Å². The Bertz CT molecular complexity index is 449. The molecule has 2 aromatic heterocycles. The van der Waals surface area contributed by atoms with Crippen LogP contribution in [0.2, 0.25) is 0 Å². The second-order valence-corrected chi connectivity index (χ2v) is 3.17. The van der Waals surface area contributed by atoms with Crippen molar-refractivity contribution in [3.63, 3.8) is 0 Å². The lowest BCUT2D eigenvalue weighted by molar-refractivity contribution is 0.770. The average Bonchev–Trinajstić information content (AvgIpc) is 2.66. The fraction of sp³-hybridized carbons (Fsp3) is 0.300. The normalized spacial score (nSPS) is 10.3. The minimum absolute atomic E-state index is 0.639. The zero-order valence-corrected chi connectivity index (χ0v) is 8.81. The van der Waals surface area contributed by atoms with Gasteiger partial charge in [-0.3, -0.25) is 4.68 Å². The van der Waals surface area contributed by atoms with Crippen LogP contribution in [0.3, 0.4) is 0 Å². The van der Waals surface area contributed by atoms with Crippen LogP contribution >= 0.6 is 0 Å². The molecule has 2 heterocycles. The van der Waals surface area contributed by atoms with Gasteiger partial charge < -0.3 is 5.32 Å². The van der Waals surface area contributed by atoms with Crippen molar-refractivity contribution < 1.29 is 0 Å². The largest absolute Gasteiger partial charge is 0.354 e. The lowest BCUT2D eigenvalue weighted by atomic mass is 10.3. The molecule has 0 radical (unpaired) electrons. The first kappa shape index (κ1) is 9.64. The third-order valence-electron chi connectivity index (χ3n) is 1.97.